The van der Waals surface area contributed by atoms with E-state index in [1.54, 1.807) is 0 Å². The molecule has 0 radical (unpaired) electrons. The minimum absolute atomic E-state index is 0.300. The van der Waals surface area contributed by atoms with Gasteiger partial charge in [0.05, 0.1) is 13.2 Å². The smallest absolute Gasteiger partial charge is 0.169 e. The van der Waals surface area contributed by atoms with Crippen LogP contribution in [0.3, 0.4) is 0 Å². The van der Waals surface area contributed by atoms with Crippen LogP contribution in [0, 0.1) is 23.2 Å². The molecule has 1 aliphatic rings. The fourth-order valence-corrected chi connectivity index (χ4v) is 5.02. The molecule has 0 amide bonds. The maximum Gasteiger partial charge on any atom is 0.169 e. The summed E-state index contributed by atoms with van der Waals surface area (Å²) in [5.41, 5.74) is 0.300. The summed E-state index contributed by atoms with van der Waals surface area (Å²) in [6.45, 7) is 18.1. The fraction of sp³-hybridized carbons (Fsp3) is 1.00. The first-order chi connectivity index (χ1) is 12.8. The predicted molar refractivity (Wildman–Crippen MR) is 118 cm³/mol. The molecular weight excluding hydrogens is 332 g/mol. The molecule has 0 aromatic rings. The van der Waals surface area contributed by atoms with E-state index in [1.165, 1.54) is 57.8 Å². The van der Waals surface area contributed by atoms with E-state index in [-0.39, 0.29) is 5.79 Å². The fourth-order valence-electron chi connectivity index (χ4n) is 5.02. The summed E-state index contributed by atoms with van der Waals surface area (Å²) in [6, 6.07) is 0. The Morgan fingerprint density at radius 1 is 0.815 bits per heavy atom. The second-order valence-electron chi connectivity index (χ2n) is 10.2. The van der Waals surface area contributed by atoms with E-state index < -0.39 is 0 Å². The number of hydrogen-bond acceptors (Lipinski definition) is 2. The van der Waals surface area contributed by atoms with Gasteiger partial charge in [0.15, 0.2) is 5.79 Å². The first-order valence-corrected chi connectivity index (χ1v) is 12.1. The largest absolute Gasteiger partial charge is 0.350 e. The maximum absolute atomic E-state index is 6.70. The number of hydrogen-bond donors (Lipinski definition) is 0. The van der Waals surface area contributed by atoms with Crippen LogP contribution in [0.15, 0.2) is 0 Å². The SMILES string of the molecule is CCCCC(CC)COC1(OCC(CC)CCCC)CC(C)CC(C)(C)C1. The van der Waals surface area contributed by atoms with Crippen LogP contribution < -0.4 is 0 Å². The second-order valence-corrected chi connectivity index (χ2v) is 10.2. The lowest BCUT2D eigenvalue weighted by Crippen LogP contribution is -2.48. The molecule has 0 spiro atoms. The molecule has 0 aromatic carbocycles. The van der Waals surface area contributed by atoms with Gasteiger partial charge in [-0.3, -0.25) is 0 Å². The van der Waals surface area contributed by atoms with Crippen LogP contribution in [0.1, 0.15) is 119 Å². The van der Waals surface area contributed by atoms with E-state index in [9.17, 15) is 0 Å². The first-order valence-electron chi connectivity index (χ1n) is 12.1. The summed E-state index contributed by atoms with van der Waals surface area (Å²) in [6.07, 6.45) is 13.6. The van der Waals surface area contributed by atoms with Crippen LogP contribution in [0.5, 0.6) is 0 Å². The molecule has 0 aromatic heterocycles. The van der Waals surface area contributed by atoms with Crippen LogP contribution in [0.2, 0.25) is 0 Å². The molecule has 3 atom stereocenters. The Labute approximate surface area is 171 Å². The summed E-state index contributed by atoms with van der Waals surface area (Å²) in [5, 5.41) is 0. The van der Waals surface area contributed by atoms with Crippen molar-refractivity contribution in [2.24, 2.45) is 23.2 Å². The van der Waals surface area contributed by atoms with Gasteiger partial charge in [-0.2, -0.15) is 0 Å². The zero-order chi connectivity index (χ0) is 20.3. The summed E-state index contributed by atoms with van der Waals surface area (Å²) >= 11 is 0. The van der Waals surface area contributed by atoms with Crippen molar-refractivity contribution in [2.45, 2.75) is 125 Å². The van der Waals surface area contributed by atoms with E-state index in [1.807, 2.05) is 0 Å². The predicted octanol–water partition coefficient (Wildman–Crippen LogP) is 7.99. The summed E-state index contributed by atoms with van der Waals surface area (Å²) in [5.74, 6) is 1.65. The van der Waals surface area contributed by atoms with Gasteiger partial charge in [-0.15, -0.1) is 0 Å². The van der Waals surface area contributed by atoms with E-state index in [2.05, 4.69) is 48.5 Å². The van der Waals surface area contributed by atoms with E-state index >= 15 is 0 Å². The van der Waals surface area contributed by atoms with Crippen molar-refractivity contribution in [3.05, 3.63) is 0 Å². The molecule has 1 aliphatic carbocycles. The Balaban J connectivity index is 2.79. The van der Waals surface area contributed by atoms with Crippen molar-refractivity contribution < 1.29 is 9.47 Å². The van der Waals surface area contributed by atoms with Gasteiger partial charge in [-0.1, -0.05) is 87.0 Å². The van der Waals surface area contributed by atoms with E-state index in [0.717, 1.165) is 26.1 Å². The third-order valence-corrected chi connectivity index (χ3v) is 6.56. The Kier molecular flexibility index (Phi) is 11.5. The van der Waals surface area contributed by atoms with Crippen LogP contribution in [0.25, 0.3) is 0 Å². The lowest BCUT2D eigenvalue weighted by Gasteiger charge is -2.47. The van der Waals surface area contributed by atoms with Gasteiger partial charge in [0.25, 0.3) is 0 Å². The zero-order valence-electron chi connectivity index (χ0n) is 19.7. The van der Waals surface area contributed by atoms with Crippen molar-refractivity contribution in [3.8, 4) is 0 Å². The standard InChI is InChI=1S/C25H50O2/c1-8-12-14-22(10-3)18-26-25(17-21(5)16-24(6,7)20-25)27-19-23(11-4)15-13-9-2/h21-23H,8-20H2,1-7H3. The van der Waals surface area contributed by atoms with Gasteiger partial charge in [0.2, 0.25) is 0 Å². The Hall–Kier alpha value is -0.0800. The van der Waals surface area contributed by atoms with Gasteiger partial charge >= 0.3 is 0 Å². The van der Waals surface area contributed by atoms with Crippen molar-refractivity contribution in [1.29, 1.82) is 0 Å². The zero-order valence-corrected chi connectivity index (χ0v) is 19.7. The topological polar surface area (TPSA) is 18.5 Å². The third kappa shape index (κ3) is 9.31. The molecule has 0 aliphatic heterocycles. The average molecular weight is 383 g/mol. The van der Waals surface area contributed by atoms with Gasteiger partial charge in [-0.25, -0.2) is 0 Å². The van der Waals surface area contributed by atoms with E-state index in [0.29, 0.717) is 23.2 Å². The third-order valence-electron chi connectivity index (χ3n) is 6.56. The highest BCUT2D eigenvalue weighted by molar-refractivity contribution is 4.89. The van der Waals surface area contributed by atoms with Crippen molar-refractivity contribution in [2.75, 3.05) is 13.2 Å². The quantitative estimate of drug-likeness (QED) is 0.283. The Bertz CT molecular complexity index is 357. The lowest BCUT2D eigenvalue weighted by molar-refractivity contribution is -0.283. The van der Waals surface area contributed by atoms with Crippen LogP contribution in [-0.2, 0) is 9.47 Å². The molecule has 2 heteroatoms. The van der Waals surface area contributed by atoms with Crippen molar-refractivity contribution in [1.82, 2.24) is 0 Å². The molecule has 3 unspecified atom stereocenters. The minimum atomic E-state index is -0.361. The highest BCUT2D eigenvalue weighted by Gasteiger charge is 2.45. The van der Waals surface area contributed by atoms with Crippen LogP contribution >= 0.6 is 0 Å². The van der Waals surface area contributed by atoms with Crippen molar-refractivity contribution in [3.63, 3.8) is 0 Å². The molecular formula is C25H50O2. The van der Waals surface area contributed by atoms with Crippen LogP contribution in [-0.4, -0.2) is 19.0 Å². The number of ether oxygens (including phenoxy) is 2. The Morgan fingerprint density at radius 2 is 1.30 bits per heavy atom. The molecule has 0 saturated heterocycles. The molecule has 2 nitrogen and oxygen atoms in total. The van der Waals surface area contributed by atoms with Gasteiger partial charge in [0, 0.05) is 12.8 Å². The number of unbranched alkanes of at least 4 members (excludes halogenated alkanes) is 2. The summed E-state index contributed by atoms with van der Waals surface area (Å²) in [4.78, 5) is 0. The molecule has 0 bridgehead atoms. The average Bonchev–Trinajstić information content (AvgIpc) is 2.60. The molecule has 1 saturated carbocycles. The highest BCUT2D eigenvalue weighted by Crippen LogP contribution is 2.47. The van der Waals surface area contributed by atoms with Gasteiger partial charge in [0.1, 0.15) is 0 Å². The molecule has 27 heavy (non-hydrogen) atoms. The first kappa shape index (κ1) is 25.0. The minimum Gasteiger partial charge on any atom is -0.350 e. The van der Waals surface area contributed by atoms with E-state index in [4.69, 9.17) is 9.47 Å². The molecule has 0 N–H and O–H groups in total. The molecule has 1 rings (SSSR count). The van der Waals surface area contributed by atoms with Crippen molar-refractivity contribution >= 4 is 0 Å². The monoisotopic (exact) mass is 382 g/mol. The maximum atomic E-state index is 6.70. The van der Waals surface area contributed by atoms with Gasteiger partial charge < -0.3 is 9.47 Å². The number of rotatable bonds is 14. The van der Waals surface area contributed by atoms with Gasteiger partial charge in [-0.05, 0) is 42.4 Å². The summed E-state index contributed by atoms with van der Waals surface area (Å²) < 4.78 is 13.4. The second kappa shape index (κ2) is 12.5. The highest BCUT2D eigenvalue weighted by atomic mass is 16.7. The Morgan fingerprint density at radius 3 is 1.67 bits per heavy atom. The molecule has 162 valence electrons. The molecule has 0 heterocycles. The van der Waals surface area contributed by atoms with Crippen LogP contribution in [0.4, 0.5) is 0 Å². The lowest BCUT2D eigenvalue weighted by atomic mass is 9.69. The normalized spacial score (nSPS) is 27.4. The summed E-state index contributed by atoms with van der Waals surface area (Å²) in [7, 11) is 0. The molecule has 1 fully saturated rings.